The van der Waals surface area contributed by atoms with Gasteiger partial charge in [0.2, 0.25) is 0 Å². The fourth-order valence-corrected chi connectivity index (χ4v) is 2.50. The van der Waals surface area contributed by atoms with E-state index in [4.69, 9.17) is 15.3 Å². The maximum atomic E-state index is 9.97. The lowest BCUT2D eigenvalue weighted by Gasteiger charge is -2.34. The number of rotatable bonds is 2. The Hall–Kier alpha value is -1.59. The third-order valence-corrected chi connectivity index (χ3v) is 3.62. The van der Waals surface area contributed by atoms with E-state index in [1.54, 1.807) is 0 Å². The Morgan fingerprint density at radius 3 is 2.65 bits per heavy atom. The molecule has 0 aliphatic carbocycles. The van der Waals surface area contributed by atoms with Crippen LogP contribution in [-0.2, 0) is 4.74 Å². The van der Waals surface area contributed by atoms with Crippen molar-refractivity contribution in [2.45, 2.75) is 36.7 Å². The first kappa shape index (κ1) is 13.4. The van der Waals surface area contributed by atoms with Crippen LogP contribution in [0.3, 0.4) is 0 Å². The fraction of sp³-hybridized carbons (Fsp3) is 0.700. The number of amidine groups is 1. The molecule has 0 spiro atoms. The van der Waals surface area contributed by atoms with Gasteiger partial charge in [0.25, 0.3) is 0 Å². The molecule has 3 rings (SSSR count). The van der Waals surface area contributed by atoms with Crippen LogP contribution in [0.15, 0.2) is 9.98 Å². The normalized spacial score (nSPS) is 43.5. The molecule has 3 heterocycles. The van der Waals surface area contributed by atoms with E-state index in [0.29, 0.717) is 5.06 Å². The number of fused-ring (bicyclic) bond motifs is 1. The molecule has 0 aromatic heterocycles. The first-order valence-corrected chi connectivity index (χ1v) is 6.07. The highest BCUT2D eigenvalue weighted by Crippen LogP contribution is 2.29. The van der Waals surface area contributed by atoms with E-state index in [-0.39, 0.29) is 5.84 Å². The molecule has 0 unspecified atom stereocenters. The summed E-state index contributed by atoms with van der Waals surface area (Å²) in [6.07, 6.45) is -2.43. The average Bonchev–Trinajstić information content (AvgIpc) is 2.98. The summed E-state index contributed by atoms with van der Waals surface area (Å²) in [5, 5.41) is 46.4. The van der Waals surface area contributed by atoms with Crippen molar-refractivity contribution >= 4 is 18.5 Å². The lowest BCUT2D eigenvalue weighted by atomic mass is 10.1. The number of hydrogen-bond donors (Lipinski definition) is 5. The summed E-state index contributed by atoms with van der Waals surface area (Å²) in [5.74, 6) is -0.143. The Balaban J connectivity index is 1.81. The summed E-state index contributed by atoms with van der Waals surface area (Å²) in [4.78, 5) is 9.55. The predicted octanol–water partition coefficient (Wildman–Crippen LogP) is -2.83. The standard InChI is InChI=1S/C10H15N5O5/c11-8-5-9(13-3-15(8)19)14(2-12-5)10-7(18)6(17)4(1-16)20-10/h2-7,9-11,16-19H,1H2/t4-,5-,6-,7-,9-,10-/m1/s1. The molecule has 0 aromatic carbocycles. The highest BCUT2D eigenvalue weighted by Gasteiger charge is 2.50. The van der Waals surface area contributed by atoms with E-state index in [0.717, 1.165) is 6.34 Å². The molecular formula is C10H15N5O5. The number of aliphatic imine (C=N–C) groups is 2. The highest BCUT2D eigenvalue weighted by atomic mass is 16.6. The van der Waals surface area contributed by atoms with Gasteiger partial charge in [-0.25, -0.2) is 4.99 Å². The SMILES string of the molecule is N=C1[C@H]2N=CN([C@@H]3O[C@H](CO)[C@@H](O)[C@H]3O)[C@H]2N=CN1O. The Morgan fingerprint density at radius 2 is 2.00 bits per heavy atom. The van der Waals surface area contributed by atoms with Gasteiger partial charge in [0.05, 0.1) is 12.9 Å². The molecule has 1 fully saturated rings. The van der Waals surface area contributed by atoms with Gasteiger partial charge in [0, 0.05) is 0 Å². The van der Waals surface area contributed by atoms with Gasteiger partial charge in [-0.2, -0.15) is 5.06 Å². The highest BCUT2D eigenvalue weighted by molar-refractivity contribution is 5.96. The molecule has 10 heteroatoms. The zero-order chi connectivity index (χ0) is 14.4. The molecule has 0 bridgehead atoms. The second kappa shape index (κ2) is 4.75. The molecular weight excluding hydrogens is 270 g/mol. The maximum Gasteiger partial charge on any atom is 0.162 e. The Bertz CT molecular complexity index is 471. The van der Waals surface area contributed by atoms with E-state index >= 15 is 0 Å². The van der Waals surface area contributed by atoms with Crippen LogP contribution < -0.4 is 0 Å². The molecule has 3 aliphatic rings. The summed E-state index contributed by atoms with van der Waals surface area (Å²) < 4.78 is 5.39. The third-order valence-electron chi connectivity index (χ3n) is 3.62. The van der Waals surface area contributed by atoms with E-state index in [2.05, 4.69) is 9.98 Å². The molecule has 110 valence electrons. The number of nitrogens with one attached hydrogen (secondary N) is 1. The van der Waals surface area contributed by atoms with Crippen molar-refractivity contribution in [1.29, 1.82) is 5.41 Å². The summed E-state index contributed by atoms with van der Waals surface area (Å²) in [6, 6.07) is -0.703. The van der Waals surface area contributed by atoms with Gasteiger partial charge in [-0.1, -0.05) is 0 Å². The molecule has 1 saturated heterocycles. The van der Waals surface area contributed by atoms with E-state index < -0.39 is 43.4 Å². The van der Waals surface area contributed by atoms with Gasteiger partial charge in [0.15, 0.2) is 24.3 Å². The number of hydroxylamine groups is 2. The number of hydrogen-bond acceptors (Lipinski definition) is 9. The lowest BCUT2D eigenvalue weighted by Crippen LogP contribution is -2.53. The maximum absolute atomic E-state index is 9.97. The molecule has 10 nitrogen and oxygen atoms in total. The first-order chi connectivity index (χ1) is 9.54. The molecule has 3 aliphatic heterocycles. The van der Waals surface area contributed by atoms with Crippen molar-refractivity contribution < 1.29 is 25.3 Å². The van der Waals surface area contributed by atoms with Gasteiger partial charge in [-0.15, -0.1) is 0 Å². The second-order valence-corrected chi connectivity index (χ2v) is 4.79. The zero-order valence-electron chi connectivity index (χ0n) is 10.3. The largest absolute Gasteiger partial charge is 0.394 e. The fourth-order valence-electron chi connectivity index (χ4n) is 2.50. The van der Waals surface area contributed by atoms with Crippen molar-refractivity contribution in [2.75, 3.05) is 6.61 Å². The number of nitrogens with zero attached hydrogens (tertiary/aromatic N) is 4. The van der Waals surface area contributed by atoms with Crippen LogP contribution in [0.4, 0.5) is 0 Å². The van der Waals surface area contributed by atoms with Crippen LogP contribution in [0, 0.1) is 5.41 Å². The second-order valence-electron chi connectivity index (χ2n) is 4.79. The van der Waals surface area contributed by atoms with Crippen LogP contribution in [0.2, 0.25) is 0 Å². The van der Waals surface area contributed by atoms with E-state index in [1.165, 1.54) is 11.2 Å². The van der Waals surface area contributed by atoms with Crippen molar-refractivity contribution in [3.05, 3.63) is 0 Å². The third kappa shape index (κ3) is 1.81. The molecule has 20 heavy (non-hydrogen) atoms. The van der Waals surface area contributed by atoms with Crippen LogP contribution in [0.5, 0.6) is 0 Å². The monoisotopic (exact) mass is 285 g/mol. The van der Waals surface area contributed by atoms with Crippen LogP contribution in [0.1, 0.15) is 0 Å². The minimum atomic E-state index is -1.23. The minimum Gasteiger partial charge on any atom is -0.394 e. The zero-order valence-corrected chi connectivity index (χ0v) is 10.3. The van der Waals surface area contributed by atoms with Gasteiger partial charge in [-0.3, -0.25) is 15.6 Å². The molecule has 6 atom stereocenters. The van der Waals surface area contributed by atoms with Crippen molar-refractivity contribution in [3.63, 3.8) is 0 Å². The Kier molecular flexibility index (Phi) is 3.18. The number of aliphatic hydroxyl groups is 3. The van der Waals surface area contributed by atoms with Crippen LogP contribution in [-0.4, -0.2) is 92.4 Å². The first-order valence-electron chi connectivity index (χ1n) is 6.07. The van der Waals surface area contributed by atoms with Crippen molar-refractivity contribution in [1.82, 2.24) is 9.96 Å². The van der Waals surface area contributed by atoms with Gasteiger partial charge in [-0.05, 0) is 0 Å². The molecule has 5 N–H and O–H groups in total. The smallest absolute Gasteiger partial charge is 0.162 e. The molecule has 0 radical (unpaired) electrons. The van der Waals surface area contributed by atoms with Gasteiger partial charge in [0.1, 0.15) is 24.7 Å². The topological polar surface area (TPSA) is 145 Å². The van der Waals surface area contributed by atoms with Crippen LogP contribution >= 0.6 is 0 Å². The quantitative estimate of drug-likeness (QED) is 0.368. The summed E-state index contributed by atoms with van der Waals surface area (Å²) in [6.45, 7) is -0.419. The van der Waals surface area contributed by atoms with Gasteiger partial charge < -0.3 is 25.0 Å². The lowest BCUT2D eigenvalue weighted by molar-refractivity contribution is -0.0792. The Labute approximate surface area is 113 Å². The summed E-state index contributed by atoms with van der Waals surface area (Å²) in [5.41, 5.74) is 0. The minimum absolute atomic E-state index is 0.143. The van der Waals surface area contributed by atoms with Gasteiger partial charge >= 0.3 is 0 Å². The summed E-state index contributed by atoms with van der Waals surface area (Å²) in [7, 11) is 0. The summed E-state index contributed by atoms with van der Waals surface area (Å²) >= 11 is 0. The van der Waals surface area contributed by atoms with Crippen molar-refractivity contribution in [3.8, 4) is 0 Å². The number of aliphatic hydroxyl groups excluding tert-OH is 3. The predicted molar refractivity (Wildman–Crippen MR) is 65.5 cm³/mol. The molecule has 0 amide bonds. The van der Waals surface area contributed by atoms with E-state index in [9.17, 15) is 15.4 Å². The van der Waals surface area contributed by atoms with E-state index in [1.807, 2.05) is 0 Å². The average molecular weight is 285 g/mol. The Morgan fingerprint density at radius 1 is 1.25 bits per heavy atom. The molecule has 0 aromatic rings. The van der Waals surface area contributed by atoms with Crippen molar-refractivity contribution in [2.24, 2.45) is 9.98 Å². The number of ether oxygens (including phenoxy) is 1. The molecule has 0 saturated carbocycles. The van der Waals surface area contributed by atoms with Crippen LogP contribution in [0.25, 0.3) is 0 Å².